The molecule has 12 heavy (non-hydrogen) atoms. The molecule has 0 saturated carbocycles. The predicted octanol–water partition coefficient (Wildman–Crippen LogP) is 1.44. The molecule has 1 aromatic rings. The van der Waals surface area contributed by atoms with E-state index in [1.54, 1.807) is 0 Å². The summed E-state index contributed by atoms with van der Waals surface area (Å²) >= 11 is 0. The molecule has 0 radical (unpaired) electrons. The number of amidine groups is 1. The van der Waals surface area contributed by atoms with Gasteiger partial charge in [0, 0.05) is 12.5 Å². The molecule has 4 heteroatoms. The first-order valence-electron chi connectivity index (χ1n) is 3.36. The number of rotatable bonds is 2. The van der Waals surface area contributed by atoms with Gasteiger partial charge in [-0.25, -0.2) is 8.78 Å². The summed E-state index contributed by atoms with van der Waals surface area (Å²) in [7, 11) is 0. The van der Waals surface area contributed by atoms with Gasteiger partial charge in [-0.15, -0.1) is 0 Å². The van der Waals surface area contributed by atoms with Crippen LogP contribution in [0.3, 0.4) is 0 Å². The lowest BCUT2D eigenvalue weighted by Crippen LogP contribution is -2.12. The molecular formula is C8H8F2N2. The Morgan fingerprint density at radius 3 is 2.17 bits per heavy atom. The highest BCUT2D eigenvalue weighted by Gasteiger charge is 2.00. The summed E-state index contributed by atoms with van der Waals surface area (Å²) in [6, 6.07) is 3.10. The SMILES string of the molecule is N=C(N)Cc1cc(F)cc(F)c1. The third-order valence-electron chi connectivity index (χ3n) is 1.32. The molecule has 0 aromatic heterocycles. The van der Waals surface area contributed by atoms with Gasteiger partial charge >= 0.3 is 0 Å². The lowest BCUT2D eigenvalue weighted by molar-refractivity contribution is 0.581. The van der Waals surface area contributed by atoms with Gasteiger partial charge < -0.3 is 5.73 Å². The van der Waals surface area contributed by atoms with Crippen LogP contribution in [0.4, 0.5) is 8.78 Å². The van der Waals surface area contributed by atoms with Gasteiger partial charge in [0.1, 0.15) is 11.6 Å². The van der Waals surface area contributed by atoms with Crippen LogP contribution < -0.4 is 5.73 Å². The fourth-order valence-electron chi connectivity index (χ4n) is 0.933. The van der Waals surface area contributed by atoms with Gasteiger partial charge in [-0.2, -0.15) is 0 Å². The smallest absolute Gasteiger partial charge is 0.126 e. The van der Waals surface area contributed by atoms with Gasteiger partial charge in [0.15, 0.2) is 0 Å². The second-order valence-electron chi connectivity index (χ2n) is 2.48. The Hall–Kier alpha value is -1.45. The first kappa shape index (κ1) is 8.64. The number of nitrogens with two attached hydrogens (primary N) is 1. The van der Waals surface area contributed by atoms with E-state index in [1.807, 2.05) is 0 Å². The van der Waals surface area contributed by atoms with Gasteiger partial charge in [0.05, 0.1) is 5.84 Å². The summed E-state index contributed by atoms with van der Waals surface area (Å²) in [4.78, 5) is 0. The third kappa shape index (κ3) is 2.30. The Bertz CT molecular complexity index is 290. The van der Waals surface area contributed by atoms with Crippen molar-refractivity contribution in [3.8, 4) is 0 Å². The Balaban J connectivity index is 2.93. The van der Waals surface area contributed by atoms with Crippen molar-refractivity contribution >= 4 is 5.84 Å². The van der Waals surface area contributed by atoms with Gasteiger partial charge in [0.2, 0.25) is 0 Å². The summed E-state index contributed by atoms with van der Waals surface area (Å²) in [6.07, 6.45) is 0.0781. The third-order valence-corrected chi connectivity index (χ3v) is 1.32. The average molecular weight is 170 g/mol. The van der Waals surface area contributed by atoms with E-state index in [4.69, 9.17) is 11.1 Å². The number of hydrogen-bond acceptors (Lipinski definition) is 1. The molecule has 0 amide bonds. The number of halogens is 2. The molecular weight excluding hydrogens is 162 g/mol. The van der Waals surface area contributed by atoms with E-state index in [9.17, 15) is 8.78 Å². The molecule has 0 spiro atoms. The molecule has 0 bridgehead atoms. The highest BCUT2D eigenvalue weighted by atomic mass is 19.1. The summed E-state index contributed by atoms with van der Waals surface area (Å²) in [6.45, 7) is 0. The molecule has 0 aliphatic rings. The number of benzene rings is 1. The van der Waals surface area contributed by atoms with Crippen molar-refractivity contribution in [2.45, 2.75) is 6.42 Å². The van der Waals surface area contributed by atoms with Crippen LogP contribution in [0.15, 0.2) is 18.2 Å². The first-order valence-corrected chi connectivity index (χ1v) is 3.36. The molecule has 3 N–H and O–H groups in total. The minimum atomic E-state index is -0.647. The predicted molar refractivity (Wildman–Crippen MR) is 42.0 cm³/mol. The fraction of sp³-hybridized carbons (Fsp3) is 0.125. The molecule has 2 nitrogen and oxygen atoms in total. The van der Waals surface area contributed by atoms with Crippen LogP contribution in [0.1, 0.15) is 5.56 Å². The Kier molecular flexibility index (Phi) is 2.38. The molecule has 1 rings (SSSR count). The van der Waals surface area contributed by atoms with Gasteiger partial charge in [-0.05, 0) is 17.7 Å². The minimum Gasteiger partial charge on any atom is -0.387 e. The normalized spacial score (nSPS) is 9.83. The molecule has 0 heterocycles. The molecule has 0 atom stereocenters. The van der Waals surface area contributed by atoms with Crippen molar-refractivity contribution in [3.63, 3.8) is 0 Å². The van der Waals surface area contributed by atoms with Crippen LogP contribution in [0, 0.1) is 17.0 Å². The van der Waals surface area contributed by atoms with E-state index < -0.39 is 11.6 Å². The quantitative estimate of drug-likeness (QED) is 0.512. The first-order chi connectivity index (χ1) is 5.58. The highest BCUT2D eigenvalue weighted by molar-refractivity contribution is 5.79. The van der Waals surface area contributed by atoms with Crippen molar-refractivity contribution in [2.24, 2.45) is 5.73 Å². The van der Waals surface area contributed by atoms with Crippen LogP contribution in [0.25, 0.3) is 0 Å². The zero-order valence-electron chi connectivity index (χ0n) is 6.27. The maximum Gasteiger partial charge on any atom is 0.126 e. The van der Waals surface area contributed by atoms with Crippen LogP contribution in [0.5, 0.6) is 0 Å². The van der Waals surface area contributed by atoms with E-state index in [-0.39, 0.29) is 12.3 Å². The van der Waals surface area contributed by atoms with Crippen molar-refractivity contribution in [1.29, 1.82) is 5.41 Å². The average Bonchev–Trinajstić information content (AvgIpc) is 1.81. The van der Waals surface area contributed by atoms with Crippen molar-refractivity contribution < 1.29 is 8.78 Å². The number of hydrogen-bond donors (Lipinski definition) is 2. The van der Waals surface area contributed by atoms with E-state index >= 15 is 0 Å². The number of nitrogens with one attached hydrogen (secondary N) is 1. The minimum absolute atomic E-state index is 0.0781. The Labute approximate surface area is 68.5 Å². The van der Waals surface area contributed by atoms with Crippen LogP contribution in [-0.4, -0.2) is 5.84 Å². The molecule has 0 saturated heterocycles. The molecule has 1 aromatic carbocycles. The Morgan fingerprint density at radius 2 is 1.75 bits per heavy atom. The van der Waals surface area contributed by atoms with Gasteiger partial charge in [-0.3, -0.25) is 5.41 Å². The van der Waals surface area contributed by atoms with Gasteiger partial charge in [-0.1, -0.05) is 0 Å². The van der Waals surface area contributed by atoms with E-state index in [0.717, 1.165) is 18.2 Å². The maximum atomic E-state index is 12.5. The lowest BCUT2D eigenvalue weighted by Gasteiger charge is -1.99. The largest absolute Gasteiger partial charge is 0.387 e. The van der Waals surface area contributed by atoms with Gasteiger partial charge in [0.25, 0.3) is 0 Å². The molecule has 0 aliphatic carbocycles. The van der Waals surface area contributed by atoms with Crippen LogP contribution >= 0.6 is 0 Å². The summed E-state index contributed by atoms with van der Waals surface area (Å²) < 4.78 is 25.1. The lowest BCUT2D eigenvalue weighted by atomic mass is 10.1. The summed E-state index contributed by atoms with van der Waals surface area (Å²) in [5, 5.41) is 6.91. The molecule has 0 aliphatic heterocycles. The van der Waals surface area contributed by atoms with E-state index in [0.29, 0.717) is 5.56 Å². The molecule has 0 fully saturated rings. The fourth-order valence-corrected chi connectivity index (χ4v) is 0.933. The highest BCUT2D eigenvalue weighted by Crippen LogP contribution is 2.07. The van der Waals surface area contributed by atoms with Crippen LogP contribution in [-0.2, 0) is 6.42 Å². The topological polar surface area (TPSA) is 49.9 Å². The van der Waals surface area contributed by atoms with E-state index in [2.05, 4.69) is 0 Å². The van der Waals surface area contributed by atoms with Crippen molar-refractivity contribution in [2.75, 3.05) is 0 Å². The molecule has 64 valence electrons. The van der Waals surface area contributed by atoms with E-state index in [1.165, 1.54) is 0 Å². The second-order valence-corrected chi connectivity index (χ2v) is 2.48. The zero-order valence-corrected chi connectivity index (χ0v) is 6.27. The summed E-state index contributed by atoms with van der Waals surface area (Å²) in [5.74, 6) is -1.41. The monoisotopic (exact) mass is 170 g/mol. The summed E-state index contributed by atoms with van der Waals surface area (Å²) in [5.41, 5.74) is 5.44. The van der Waals surface area contributed by atoms with Crippen molar-refractivity contribution in [3.05, 3.63) is 35.4 Å². The van der Waals surface area contributed by atoms with Crippen LogP contribution in [0.2, 0.25) is 0 Å². The Morgan fingerprint density at radius 1 is 1.25 bits per heavy atom. The zero-order chi connectivity index (χ0) is 9.14. The maximum absolute atomic E-state index is 12.5. The molecule has 0 unspecified atom stereocenters. The second kappa shape index (κ2) is 3.30. The standard InChI is InChI=1S/C8H8F2N2/c9-6-1-5(3-8(11)12)2-7(10)4-6/h1-2,4H,3H2,(H3,11,12). The van der Waals surface area contributed by atoms with Crippen molar-refractivity contribution in [1.82, 2.24) is 0 Å².